The Balaban J connectivity index is 2.01. The number of fused-ring (bicyclic) bond motifs is 1. The monoisotopic (exact) mass is 432 g/mol. The fourth-order valence-corrected chi connectivity index (χ4v) is 3.69. The lowest BCUT2D eigenvalue weighted by molar-refractivity contribution is -0.116. The number of anilines is 1. The first-order valence-corrected chi connectivity index (χ1v) is 10.00. The zero-order chi connectivity index (χ0) is 22.8. The number of Topliss-reactive ketones (excluding diaryl/α,β-unsaturated/α-hetero) is 1. The first kappa shape index (κ1) is 22.8. The molecule has 0 saturated carbocycles. The van der Waals surface area contributed by atoms with Crippen molar-refractivity contribution < 1.29 is 28.2 Å². The van der Waals surface area contributed by atoms with E-state index in [4.69, 9.17) is 5.11 Å². The summed E-state index contributed by atoms with van der Waals surface area (Å²) < 4.78 is 41.6. The SMILES string of the molecule is CC1CCN1c1ccc2cc(/C(=C(\C#N)C(=O)CCC(O)CO)C(F)(F)F)ccc2c1. The van der Waals surface area contributed by atoms with Gasteiger partial charge in [-0.05, 0) is 54.3 Å². The van der Waals surface area contributed by atoms with Gasteiger partial charge in [0.2, 0.25) is 0 Å². The third-order valence-electron chi connectivity index (χ3n) is 5.60. The van der Waals surface area contributed by atoms with Crippen LogP contribution in [-0.2, 0) is 4.79 Å². The third kappa shape index (κ3) is 4.89. The second-order valence-electron chi connectivity index (χ2n) is 7.74. The Labute approximate surface area is 178 Å². The normalized spacial score (nSPS) is 18.2. The number of alkyl halides is 3. The molecule has 1 aliphatic rings. The van der Waals surface area contributed by atoms with E-state index in [2.05, 4.69) is 11.8 Å². The molecular weight excluding hydrogens is 409 g/mol. The van der Waals surface area contributed by atoms with Gasteiger partial charge >= 0.3 is 6.18 Å². The van der Waals surface area contributed by atoms with E-state index < -0.39 is 42.2 Å². The van der Waals surface area contributed by atoms with Gasteiger partial charge in [0.25, 0.3) is 0 Å². The van der Waals surface area contributed by atoms with E-state index in [1.165, 1.54) is 18.2 Å². The number of benzene rings is 2. The molecule has 0 radical (unpaired) electrons. The van der Waals surface area contributed by atoms with Gasteiger partial charge in [-0.15, -0.1) is 0 Å². The number of halogens is 3. The summed E-state index contributed by atoms with van der Waals surface area (Å²) in [6.45, 7) is 2.43. The summed E-state index contributed by atoms with van der Waals surface area (Å²) in [5.74, 6) is -1.02. The lowest BCUT2D eigenvalue weighted by Crippen LogP contribution is -2.45. The number of nitriles is 1. The lowest BCUT2D eigenvalue weighted by Gasteiger charge is -2.41. The molecule has 2 atom stereocenters. The van der Waals surface area contributed by atoms with Gasteiger partial charge in [-0.25, -0.2) is 0 Å². The van der Waals surface area contributed by atoms with Crippen LogP contribution in [0, 0.1) is 11.3 Å². The number of carbonyl (C=O) groups is 1. The van der Waals surface area contributed by atoms with Crippen LogP contribution < -0.4 is 4.90 Å². The molecule has 0 aliphatic carbocycles. The maximum atomic E-state index is 13.9. The number of carbonyl (C=O) groups excluding carboxylic acids is 1. The van der Waals surface area contributed by atoms with Gasteiger partial charge in [0.1, 0.15) is 11.6 Å². The second-order valence-corrected chi connectivity index (χ2v) is 7.74. The molecule has 0 bridgehead atoms. The number of ketones is 1. The number of nitrogens with zero attached hydrogens (tertiary/aromatic N) is 2. The van der Waals surface area contributed by atoms with Crippen molar-refractivity contribution in [2.45, 2.75) is 44.5 Å². The number of aliphatic hydroxyl groups is 2. The summed E-state index contributed by atoms with van der Waals surface area (Å²) in [6.07, 6.45) is -5.77. The molecule has 0 aromatic heterocycles. The lowest BCUT2D eigenvalue weighted by atomic mass is 9.93. The van der Waals surface area contributed by atoms with Crippen molar-refractivity contribution in [3.8, 4) is 6.07 Å². The van der Waals surface area contributed by atoms with E-state index in [0.29, 0.717) is 11.4 Å². The fraction of sp³-hybridized carbons (Fsp3) is 0.391. The van der Waals surface area contributed by atoms with E-state index >= 15 is 0 Å². The first-order valence-electron chi connectivity index (χ1n) is 10.00. The van der Waals surface area contributed by atoms with Gasteiger partial charge in [0, 0.05) is 24.7 Å². The minimum absolute atomic E-state index is 0.235. The Morgan fingerprint density at radius 2 is 1.94 bits per heavy atom. The summed E-state index contributed by atoms with van der Waals surface area (Å²) in [5, 5.41) is 28.9. The molecule has 0 amide bonds. The largest absolute Gasteiger partial charge is 0.418 e. The van der Waals surface area contributed by atoms with Gasteiger partial charge in [-0.3, -0.25) is 4.79 Å². The molecule has 31 heavy (non-hydrogen) atoms. The molecular formula is C23H23F3N2O3. The summed E-state index contributed by atoms with van der Waals surface area (Å²) in [4.78, 5) is 14.5. The molecule has 1 heterocycles. The number of aliphatic hydroxyl groups excluding tert-OH is 2. The molecule has 2 unspecified atom stereocenters. The average molecular weight is 432 g/mol. The molecule has 2 aromatic carbocycles. The predicted molar refractivity (Wildman–Crippen MR) is 111 cm³/mol. The van der Waals surface area contributed by atoms with Crippen LogP contribution in [0.15, 0.2) is 42.0 Å². The number of allylic oxidation sites excluding steroid dienone is 2. The Bertz CT molecular complexity index is 1060. The summed E-state index contributed by atoms with van der Waals surface area (Å²) >= 11 is 0. The molecule has 164 valence electrons. The van der Waals surface area contributed by atoms with Gasteiger partial charge in [0.05, 0.1) is 18.3 Å². The van der Waals surface area contributed by atoms with E-state index in [0.717, 1.165) is 24.0 Å². The van der Waals surface area contributed by atoms with Crippen molar-refractivity contribution in [1.82, 2.24) is 0 Å². The topological polar surface area (TPSA) is 84.6 Å². The van der Waals surface area contributed by atoms with Crippen LogP contribution in [0.4, 0.5) is 18.9 Å². The zero-order valence-corrected chi connectivity index (χ0v) is 17.0. The molecule has 5 nitrogen and oxygen atoms in total. The van der Waals surface area contributed by atoms with Crippen LogP contribution in [0.5, 0.6) is 0 Å². The molecule has 3 rings (SSSR count). The second kappa shape index (κ2) is 9.08. The van der Waals surface area contributed by atoms with Crippen molar-refractivity contribution in [3.05, 3.63) is 47.5 Å². The van der Waals surface area contributed by atoms with Gasteiger partial charge in [0.15, 0.2) is 5.78 Å². The molecule has 1 aliphatic heterocycles. The van der Waals surface area contributed by atoms with Crippen LogP contribution in [0.1, 0.15) is 31.7 Å². The molecule has 8 heteroatoms. The van der Waals surface area contributed by atoms with Crippen LogP contribution >= 0.6 is 0 Å². The van der Waals surface area contributed by atoms with Crippen molar-refractivity contribution >= 4 is 27.8 Å². The van der Waals surface area contributed by atoms with Crippen LogP contribution in [0.25, 0.3) is 16.3 Å². The maximum absolute atomic E-state index is 13.9. The molecule has 1 fully saturated rings. The molecule has 0 spiro atoms. The maximum Gasteiger partial charge on any atom is 0.418 e. The van der Waals surface area contributed by atoms with E-state index in [9.17, 15) is 28.3 Å². The van der Waals surface area contributed by atoms with E-state index in [1.807, 2.05) is 12.1 Å². The quantitative estimate of drug-likeness (QED) is 0.511. The molecule has 2 aromatic rings. The summed E-state index contributed by atoms with van der Waals surface area (Å²) in [6, 6.07) is 11.5. The van der Waals surface area contributed by atoms with Gasteiger partial charge in [-0.2, -0.15) is 18.4 Å². The van der Waals surface area contributed by atoms with Crippen LogP contribution in [0.2, 0.25) is 0 Å². The first-order chi connectivity index (χ1) is 14.7. The zero-order valence-electron chi connectivity index (χ0n) is 17.0. The van der Waals surface area contributed by atoms with Crippen molar-refractivity contribution in [2.75, 3.05) is 18.1 Å². The highest BCUT2D eigenvalue weighted by atomic mass is 19.4. The van der Waals surface area contributed by atoms with Crippen LogP contribution in [-0.4, -0.2) is 47.5 Å². The predicted octanol–water partition coefficient (Wildman–Crippen LogP) is 3.98. The Morgan fingerprint density at radius 1 is 1.26 bits per heavy atom. The number of hydrogen-bond acceptors (Lipinski definition) is 5. The van der Waals surface area contributed by atoms with Crippen molar-refractivity contribution in [3.63, 3.8) is 0 Å². The minimum Gasteiger partial charge on any atom is -0.394 e. The van der Waals surface area contributed by atoms with Gasteiger partial charge in [-0.1, -0.05) is 18.2 Å². The summed E-state index contributed by atoms with van der Waals surface area (Å²) in [5.41, 5.74) is -1.55. The molecule has 2 N–H and O–H groups in total. The average Bonchev–Trinajstić information content (AvgIpc) is 2.73. The standard InChI is InChI=1S/C23H23F3N2O3/c1-14-8-9-28(14)18-5-4-15-10-17(3-2-16(15)11-18)22(23(24,25)26)20(12-27)21(31)7-6-19(30)13-29/h2-5,10-11,14,19,29-30H,6-9,13H2,1H3/b22-20-. The Morgan fingerprint density at radius 3 is 2.48 bits per heavy atom. The highest BCUT2D eigenvalue weighted by molar-refractivity contribution is 6.07. The van der Waals surface area contributed by atoms with Crippen molar-refractivity contribution in [2.24, 2.45) is 0 Å². The van der Waals surface area contributed by atoms with E-state index in [1.54, 1.807) is 12.1 Å². The number of rotatable bonds is 7. The Hall–Kier alpha value is -2.89. The van der Waals surface area contributed by atoms with Gasteiger partial charge < -0.3 is 15.1 Å². The number of hydrogen-bond donors (Lipinski definition) is 2. The minimum atomic E-state index is -4.92. The Kier molecular flexibility index (Phi) is 6.68. The van der Waals surface area contributed by atoms with Crippen molar-refractivity contribution in [1.29, 1.82) is 5.26 Å². The van der Waals surface area contributed by atoms with E-state index in [-0.39, 0.29) is 12.0 Å². The van der Waals surface area contributed by atoms with Crippen LogP contribution in [0.3, 0.4) is 0 Å². The smallest absolute Gasteiger partial charge is 0.394 e. The highest BCUT2D eigenvalue weighted by Gasteiger charge is 2.39. The summed E-state index contributed by atoms with van der Waals surface area (Å²) in [7, 11) is 0. The fourth-order valence-electron chi connectivity index (χ4n) is 3.69. The molecule has 1 saturated heterocycles. The third-order valence-corrected chi connectivity index (χ3v) is 5.60. The highest BCUT2D eigenvalue weighted by Crippen LogP contribution is 2.39.